The topological polar surface area (TPSA) is 87.9 Å². The molecule has 7 heteroatoms. The first-order valence-electron chi connectivity index (χ1n) is 6.65. The molecule has 0 radical (unpaired) electrons. The van der Waals surface area contributed by atoms with Gasteiger partial charge in [-0.15, -0.1) is 0 Å². The van der Waals surface area contributed by atoms with Crippen molar-refractivity contribution in [2.24, 2.45) is 0 Å². The van der Waals surface area contributed by atoms with Crippen LogP contribution in [0, 0.1) is 10.1 Å². The van der Waals surface area contributed by atoms with Crippen LogP contribution in [0.1, 0.15) is 29.3 Å². The van der Waals surface area contributed by atoms with E-state index in [0.29, 0.717) is 25.2 Å². The number of carbonyl (C=O) groups is 1. The summed E-state index contributed by atoms with van der Waals surface area (Å²) in [6.07, 6.45) is 0.775. The van der Waals surface area contributed by atoms with Gasteiger partial charge in [-0.05, 0) is 12.5 Å². The van der Waals surface area contributed by atoms with Crippen molar-refractivity contribution in [3.05, 3.63) is 39.4 Å². The number of methoxy groups -OCH3 is 1. The average Bonchev–Trinajstić information content (AvgIpc) is 2.95. The highest BCUT2D eigenvalue weighted by Crippen LogP contribution is 2.33. The first kappa shape index (κ1) is 15.4. The maximum atomic E-state index is 11.7. The van der Waals surface area contributed by atoms with Crippen molar-refractivity contribution in [2.75, 3.05) is 20.3 Å². The first-order valence-corrected chi connectivity index (χ1v) is 6.65. The van der Waals surface area contributed by atoms with Gasteiger partial charge in [0.05, 0.1) is 25.2 Å². The molecule has 0 spiro atoms. The minimum absolute atomic E-state index is 0.0655. The van der Waals surface area contributed by atoms with Crippen molar-refractivity contribution in [3.63, 3.8) is 0 Å². The Kier molecular flexibility index (Phi) is 4.54. The molecular formula is C14H17NO6. The van der Waals surface area contributed by atoms with Crippen LogP contribution < -0.4 is 0 Å². The molecule has 0 aromatic heterocycles. The Hall–Kier alpha value is -1.99. The Morgan fingerprint density at radius 1 is 1.43 bits per heavy atom. The normalized spacial score (nSPS) is 16.7. The maximum Gasteiger partial charge on any atom is 0.344 e. The monoisotopic (exact) mass is 295 g/mol. The molecule has 1 aromatic carbocycles. The molecule has 0 atom stereocenters. The van der Waals surface area contributed by atoms with Gasteiger partial charge in [0.25, 0.3) is 5.69 Å². The van der Waals surface area contributed by atoms with E-state index in [2.05, 4.69) is 4.74 Å². The summed E-state index contributed by atoms with van der Waals surface area (Å²) in [6, 6.07) is 4.57. The first-order chi connectivity index (χ1) is 10.0. The zero-order valence-corrected chi connectivity index (χ0v) is 12.0. The van der Waals surface area contributed by atoms with Gasteiger partial charge in [-0.25, -0.2) is 4.79 Å². The number of carbonyl (C=O) groups excluding carboxylic acids is 1. The van der Waals surface area contributed by atoms with Gasteiger partial charge in [0.1, 0.15) is 5.56 Å². The summed E-state index contributed by atoms with van der Waals surface area (Å²) in [5.41, 5.74) is 0.0761. The van der Waals surface area contributed by atoms with Gasteiger partial charge in [0.2, 0.25) is 0 Å². The van der Waals surface area contributed by atoms with Crippen molar-refractivity contribution in [2.45, 2.75) is 25.6 Å². The smallest absolute Gasteiger partial charge is 0.344 e. The van der Waals surface area contributed by atoms with Gasteiger partial charge in [0.15, 0.2) is 5.79 Å². The minimum atomic E-state index is -0.862. The molecule has 21 heavy (non-hydrogen) atoms. The maximum absolute atomic E-state index is 11.7. The number of hydrogen-bond acceptors (Lipinski definition) is 6. The zero-order valence-electron chi connectivity index (χ0n) is 12.0. The van der Waals surface area contributed by atoms with Gasteiger partial charge in [-0.2, -0.15) is 0 Å². The van der Waals surface area contributed by atoms with E-state index in [1.807, 2.05) is 6.92 Å². The number of nitrogens with zero attached hydrogens (tertiary/aromatic N) is 1. The number of nitro groups is 1. The lowest BCUT2D eigenvalue weighted by Crippen LogP contribution is -2.32. The molecule has 114 valence electrons. The number of esters is 1. The van der Waals surface area contributed by atoms with Crippen LogP contribution in [0.25, 0.3) is 0 Å². The lowest BCUT2D eigenvalue weighted by Gasteiger charge is -2.25. The second-order valence-electron chi connectivity index (χ2n) is 4.70. The third-order valence-corrected chi connectivity index (χ3v) is 3.52. The third kappa shape index (κ3) is 3.03. The van der Waals surface area contributed by atoms with Crippen LogP contribution in [0.15, 0.2) is 18.2 Å². The van der Waals surface area contributed by atoms with E-state index >= 15 is 0 Å². The van der Waals surface area contributed by atoms with E-state index in [9.17, 15) is 14.9 Å². The Balaban J connectivity index is 2.43. The van der Waals surface area contributed by atoms with E-state index < -0.39 is 16.7 Å². The fourth-order valence-corrected chi connectivity index (χ4v) is 2.44. The van der Waals surface area contributed by atoms with Crippen LogP contribution in [-0.2, 0) is 20.6 Å². The largest absolute Gasteiger partial charge is 0.465 e. The number of rotatable bonds is 5. The molecule has 1 heterocycles. The van der Waals surface area contributed by atoms with E-state index in [0.717, 1.165) is 0 Å². The van der Waals surface area contributed by atoms with E-state index in [1.54, 1.807) is 12.1 Å². The van der Waals surface area contributed by atoms with Gasteiger partial charge >= 0.3 is 5.97 Å². The van der Waals surface area contributed by atoms with Crippen molar-refractivity contribution in [3.8, 4) is 0 Å². The summed E-state index contributed by atoms with van der Waals surface area (Å²) >= 11 is 0. The number of benzene rings is 1. The van der Waals surface area contributed by atoms with Gasteiger partial charge in [-0.3, -0.25) is 10.1 Å². The second kappa shape index (κ2) is 6.19. The summed E-state index contributed by atoms with van der Waals surface area (Å²) in [5.74, 6) is -1.60. The fraction of sp³-hybridized carbons (Fsp3) is 0.500. The Labute approximate surface area is 122 Å². The lowest BCUT2D eigenvalue weighted by molar-refractivity contribution is -0.386. The lowest BCUT2D eigenvalue weighted by atomic mass is 9.98. The molecule has 0 unspecified atom stereocenters. The van der Waals surface area contributed by atoms with Gasteiger partial charge < -0.3 is 14.2 Å². The molecule has 2 rings (SSSR count). The standard InChI is InChI=1S/C14H17NO6/c1-3-14(20-7-8-21-14)9-10-5-4-6-11(13(16)19-2)12(10)15(17)18/h4-6H,3,7-9H2,1-2H3. The quantitative estimate of drug-likeness (QED) is 0.469. The summed E-state index contributed by atoms with van der Waals surface area (Å²) in [5, 5.41) is 11.3. The van der Waals surface area contributed by atoms with E-state index in [1.165, 1.54) is 13.2 Å². The van der Waals surface area contributed by atoms with Gasteiger partial charge in [-0.1, -0.05) is 19.1 Å². The summed E-state index contributed by atoms with van der Waals surface area (Å²) < 4.78 is 15.8. The number of nitro benzene ring substituents is 1. The van der Waals surface area contributed by atoms with Crippen LogP contribution in [0.3, 0.4) is 0 Å². The highest BCUT2D eigenvalue weighted by atomic mass is 16.7. The third-order valence-electron chi connectivity index (χ3n) is 3.52. The molecule has 1 aliphatic rings. The molecule has 0 saturated carbocycles. The molecule has 7 nitrogen and oxygen atoms in total. The highest BCUT2D eigenvalue weighted by molar-refractivity contribution is 5.94. The molecular weight excluding hydrogens is 278 g/mol. The summed E-state index contributed by atoms with van der Waals surface area (Å²) in [6.45, 7) is 2.80. The minimum Gasteiger partial charge on any atom is -0.465 e. The fourth-order valence-electron chi connectivity index (χ4n) is 2.44. The van der Waals surface area contributed by atoms with Crippen molar-refractivity contribution in [1.29, 1.82) is 0 Å². The van der Waals surface area contributed by atoms with Crippen molar-refractivity contribution >= 4 is 11.7 Å². The predicted octanol–water partition coefficient (Wildman–Crippen LogP) is 2.08. The van der Waals surface area contributed by atoms with Crippen molar-refractivity contribution in [1.82, 2.24) is 0 Å². The van der Waals surface area contributed by atoms with Gasteiger partial charge in [0, 0.05) is 12.0 Å². The summed E-state index contributed by atoms with van der Waals surface area (Å²) in [7, 11) is 1.19. The molecule has 1 saturated heterocycles. The molecule has 0 N–H and O–H groups in total. The number of hydrogen-bond donors (Lipinski definition) is 0. The SMILES string of the molecule is CCC1(Cc2cccc(C(=O)OC)c2[N+](=O)[O-])OCCO1. The van der Waals surface area contributed by atoms with E-state index in [4.69, 9.17) is 9.47 Å². The van der Waals surface area contributed by atoms with Crippen LogP contribution in [0.5, 0.6) is 0 Å². The molecule has 0 amide bonds. The average molecular weight is 295 g/mol. The highest BCUT2D eigenvalue weighted by Gasteiger charge is 2.38. The molecule has 1 aromatic rings. The Bertz CT molecular complexity index is 550. The molecule has 0 bridgehead atoms. The van der Waals surface area contributed by atoms with E-state index in [-0.39, 0.29) is 17.7 Å². The zero-order chi connectivity index (χ0) is 15.5. The van der Waals surface area contributed by atoms with Crippen molar-refractivity contribution < 1.29 is 23.9 Å². The summed E-state index contributed by atoms with van der Waals surface area (Å²) in [4.78, 5) is 22.5. The number of para-hydroxylation sites is 1. The Morgan fingerprint density at radius 3 is 2.62 bits per heavy atom. The molecule has 1 fully saturated rings. The molecule has 1 aliphatic heterocycles. The van der Waals surface area contributed by atoms with Crippen LogP contribution >= 0.6 is 0 Å². The van der Waals surface area contributed by atoms with Crippen LogP contribution in [0.4, 0.5) is 5.69 Å². The van der Waals surface area contributed by atoms with Crippen LogP contribution in [0.2, 0.25) is 0 Å². The number of ether oxygens (including phenoxy) is 3. The Morgan fingerprint density at radius 2 is 2.10 bits per heavy atom. The predicted molar refractivity (Wildman–Crippen MR) is 73.1 cm³/mol. The molecule has 0 aliphatic carbocycles. The van der Waals surface area contributed by atoms with Crippen LogP contribution in [-0.4, -0.2) is 37.0 Å². The second-order valence-corrected chi connectivity index (χ2v) is 4.70.